The maximum atomic E-state index is 13.7. The zero-order valence-electron chi connectivity index (χ0n) is 21.9. The number of likely N-dealkylation sites (N-methyl/N-ethyl adjacent to an activating group) is 2. The number of nitrogens with zero attached hydrogens (tertiary/aromatic N) is 5. The lowest BCUT2D eigenvalue weighted by Crippen LogP contribution is -2.48. The van der Waals surface area contributed by atoms with Gasteiger partial charge in [0.15, 0.2) is 6.29 Å². The van der Waals surface area contributed by atoms with Crippen molar-refractivity contribution in [3.05, 3.63) is 75.6 Å². The Labute approximate surface area is 232 Å². The summed E-state index contributed by atoms with van der Waals surface area (Å²) in [6.45, 7) is 3.04. The predicted octanol–water partition coefficient (Wildman–Crippen LogP) is 3.93. The number of carbonyl (C=O) groups excluding carboxylic acids is 2. The molecule has 0 aliphatic carbocycles. The van der Waals surface area contributed by atoms with Crippen LogP contribution in [0.3, 0.4) is 0 Å². The Morgan fingerprint density at radius 2 is 2.03 bits per heavy atom. The summed E-state index contributed by atoms with van der Waals surface area (Å²) in [6.07, 6.45) is 4.20. The Morgan fingerprint density at radius 1 is 1.24 bits per heavy atom. The number of aromatic nitrogens is 2. The second kappa shape index (κ2) is 11.5. The zero-order chi connectivity index (χ0) is 26.8. The van der Waals surface area contributed by atoms with Gasteiger partial charge < -0.3 is 9.64 Å². The van der Waals surface area contributed by atoms with E-state index in [1.54, 1.807) is 21.5 Å². The van der Waals surface area contributed by atoms with Crippen LogP contribution in [0.2, 0.25) is 5.15 Å². The fourth-order valence-electron chi connectivity index (χ4n) is 5.25. The summed E-state index contributed by atoms with van der Waals surface area (Å²) in [6, 6.07) is 13.5. The van der Waals surface area contributed by atoms with Gasteiger partial charge in [-0.1, -0.05) is 59.9 Å². The molecule has 0 bridgehead atoms. The number of fused-ring (bicyclic) bond motifs is 3. The van der Waals surface area contributed by atoms with Crippen molar-refractivity contribution in [1.29, 1.82) is 0 Å². The second-order valence-electron chi connectivity index (χ2n) is 9.72. The summed E-state index contributed by atoms with van der Waals surface area (Å²) < 4.78 is 10.2. The minimum absolute atomic E-state index is 0.00609. The van der Waals surface area contributed by atoms with Gasteiger partial charge in [-0.25, -0.2) is 8.99 Å². The molecule has 2 aromatic carbocycles. The first-order valence-corrected chi connectivity index (χ1v) is 14.3. The number of halogens is 1. The molecule has 0 saturated carbocycles. The van der Waals surface area contributed by atoms with Crippen LogP contribution in [0.4, 0.5) is 5.69 Å². The van der Waals surface area contributed by atoms with Crippen LogP contribution in [0.15, 0.2) is 42.5 Å². The van der Waals surface area contributed by atoms with Crippen molar-refractivity contribution >= 4 is 41.4 Å². The lowest BCUT2D eigenvalue weighted by Gasteiger charge is -2.31. The van der Waals surface area contributed by atoms with E-state index < -0.39 is 6.04 Å². The average Bonchev–Trinajstić information content (AvgIpc) is 3.17. The predicted molar refractivity (Wildman–Crippen MR) is 151 cm³/mol. The molecule has 200 valence electrons. The molecule has 1 aromatic heterocycles. The highest BCUT2D eigenvalue weighted by atomic mass is 35.5. The van der Waals surface area contributed by atoms with Crippen LogP contribution in [0.25, 0.3) is 0 Å². The first-order valence-electron chi connectivity index (χ1n) is 12.7. The summed E-state index contributed by atoms with van der Waals surface area (Å²) >= 11 is 8.42. The second-order valence-corrected chi connectivity index (χ2v) is 11.0. The molecule has 3 heterocycles. The molecule has 0 N–H and O–H groups in total. The lowest BCUT2D eigenvalue weighted by atomic mass is 9.97. The van der Waals surface area contributed by atoms with Gasteiger partial charge in [-0.2, -0.15) is 5.10 Å². The highest BCUT2D eigenvalue weighted by Crippen LogP contribution is 2.39. The Balaban J connectivity index is 1.31. The number of hydrogen-bond acceptors (Lipinski definition) is 7. The van der Waals surface area contributed by atoms with Crippen LogP contribution in [-0.4, -0.2) is 77.3 Å². The van der Waals surface area contributed by atoms with E-state index in [-0.39, 0.29) is 12.5 Å². The van der Waals surface area contributed by atoms with Crippen molar-refractivity contribution in [1.82, 2.24) is 19.0 Å². The molecule has 2 aliphatic heterocycles. The van der Waals surface area contributed by atoms with Gasteiger partial charge >= 0.3 is 0 Å². The van der Waals surface area contributed by atoms with Crippen LogP contribution in [-0.2, 0) is 30.7 Å². The summed E-state index contributed by atoms with van der Waals surface area (Å²) in [7, 11) is 3.75. The van der Waals surface area contributed by atoms with Gasteiger partial charge in [-0.05, 0) is 48.9 Å². The molecule has 1 amide bonds. The number of hydrogen-bond donors (Lipinski definition) is 0. The van der Waals surface area contributed by atoms with Crippen LogP contribution in [0, 0.1) is 0 Å². The number of aldehydes is 1. The number of amides is 1. The van der Waals surface area contributed by atoms with E-state index in [1.807, 2.05) is 55.4 Å². The fraction of sp³-hybridized carbons (Fsp3) is 0.393. The number of benzene rings is 2. The summed E-state index contributed by atoms with van der Waals surface area (Å²) in [4.78, 5) is 29.2. The highest BCUT2D eigenvalue weighted by Gasteiger charge is 2.35. The minimum Gasteiger partial charge on any atom is -0.489 e. The maximum absolute atomic E-state index is 13.7. The van der Waals surface area contributed by atoms with Gasteiger partial charge in [0, 0.05) is 32.2 Å². The largest absolute Gasteiger partial charge is 0.489 e. The van der Waals surface area contributed by atoms with E-state index in [9.17, 15) is 9.59 Å². The molecule has 8 nitrogen and oxygen atoms in total. The first-order chi connectivity index (χ1) is 18.4. The van der Waals surface area contributed by atoms with Crippen LogP contribution in [0.1, 0.15) is 32.7 Å². The summed E-state index contributed by atoms with van der Waals surface area (Å²) in [5, 5.41) is 4.88. The van der Waals surface area contributed by atoms with Crippen molar-refractivity contribution < 1.29 is 14.3 Å². The monoisotopic (exact) mass is 553 g/mol. The average molecular weight is 554 g/mol. The van der Waals surface area contributed by atoms with Gasteiger partial charge in [0.1, 0.15) is 29.2 Å². The van der Waals surface area contributed by atoms with E-state index in [2.05, 4.69) is 21.7 Å². The Morgan fingerprint density at radius 3 is 2.76 bits per heavy atom. The van der Waals surface area contributed by atoms with Gasteiger partial charge in [-0.3, -0.25) is 14.5 Å². The maximum Gasteiger partial charge on any atom is 0.247 e. The van der Waals surface area contributed by atoms with Gasteiger partial charge in [0.25, 0.3) is 0 Å². The third-order valence-corrected chi connectivity index (χ3v) is 8.70. The quantitative estimate of drug-likeness (QED) is 0.309. The molecule has 10 heteroatoms. The lowest BCUT2D eigenvalue weighted by molar-refractivity contribution is -0.123. The molecule has 5 rings (SSSR count). The molecule has 0 saturated heterocycles. The molecule has 38 heavy (non-hydrogen) atoms. The minimum atomic E-state index is -0.466. The molecular formula is C28H32ClN5O3S. The van der Waals surface area contributed by atoms with E-state index >= 15 is 0 Å². The normalized spacial score (nSPS) is 17.7. The summed E-state index contributed by atoms with van der Waals surface area (Å²) in [5.41, 5.74) is 5.39. The molecule has 0 spiro atoms. The molecule has 1 unspecified atom stereocenters. The van der Waals surface area contributed by atoms with Crippen LogP contribution >= 0.6 is 23.5 Å². The molecule has 0 fully saturated rings. The first kappa shape index (κ1) is 26.7. The topological polar surface area (TPSA) is 70.9 Å². The number of carbonyl (C=O) groups is 2. The standard InChI is InChI=1S/C28H32ClN5O3S/c1-31(13-11-22-23(17-35)30-34(27(22)29)15-19-7-5-4-6-8-19)24-18-37-25-10-9-20-16-33(38-3)14-12-21(20)26(25)32(2)28(24)36/h4-10,17,24H,11-16,18H2,1-3H3. The van der Waals surface area contributed by atoms with E-state index in [0.717, 1.165) is 42.8 Å². The number of ether oxygens (including phenoxy) is 1. The summed E-state index contributed by atoms with van der Waals surface area (Å²) in [5.74, 6) is 0.745. The smallest absolute Gasteiger partial charge is 0.247 e. The Kier molecular flexibility index (Phi) is 8.09. The number of rotatable bonds is 8. The SMILES string of the molecule is CSN1CCc2c(ccc3c2N(C)C(=O)C(N(C)CCc2c(C=O)nn(Cc4ccccc4)c2Cl)CO3)C1. The molecule has 2 aliphatic rings. The van der Waals surface area contributed by atoms with Crippen molar-refractivity contribution in [3.8, 4) is 5.75 Å². The van der Waals surface area contributed by atoms with E-state index in [1.165, 1.54) is 11.1 Å². The fourth-order valence-corrected chi connectivity index (χ4v) is 6.08. The van der Waals surface area contributed by atoms with Crippen molar-refractivity contribution in [2.45, 2.75) is 32.0 Å². The van der Waals surface area contributed by atoms with Crippen molar-refractivity contribution in [2.24, 2.45) is 0 Å². The van der Waals surface area contributed by atoms with Crippen LogP contribution < -0.4 is 9.64 Å². The van der Waals surface area contributed by atoms with E-state index in [4.69, 9.17) is 16.3 Å². The van der Waals surface area contributed by atoms with Gasteiger partial charge in [0.2, 0.25) is 5.91 Å². The Bertz CT molecular complexity index is 1330. The van der Waals surface area contributed by atoms with Gasteiger partial charge in [0.05, 0.1) is 12.2 Å². The molecule has 3 aromatic rings. The highest BCUT2D eigenvalue weighted by molar-refractivity contribution is 7.96. The van der Waals surface area contributed by atoms with E-state index in [0.29, 0.717) is 35.9 Å². The van der Waals surface area contributed by atoms with Gasteiger partial charge in [-0.15, -0.1) is 0 Å². The zero-order valence-corrected chi connectivity index (χ0v) is 23.5. The third-order valence-electron chi connectivity index (χ3n) is 7.45. The Hall–Kier alpha value is -2.85. The molecule has 0 radical (unpaired) electrons. The van der Waals surface area contributed by atoms with Crippen molar-refractivity contribution in [3.63, 3.8) is 0 Å². The van der Waals surface area contributed by atoms with Crippen molar-refractivity contribution in [2.75, 3.05) is 44.9 Å². The molecular weight excluding hydrogens is 522 g/mol. The molecule has 1 atom stereocenters. The van der Waals surface area contributed by atoms with Crippen LogP contribution in [0.5, 0.6) is 5.75 Å². The third kappa shape index (κ3) is 5.20. The number of anilines is 1.